The van der Waals surface area contributed by atoms with Crippen LogP contribution in [0, 0.1) is 0 Å². The van der Waals surface area contributed by atoms with Gasteiger partial charge in [-0.1, -0.05) is 34.1 Å². The van der Waals surface area contributed by atoms with E-state index < -0.39 is 5.97 Å². The van der Waals surface area contributed by atoms with Crippen molar-refractivity contribution < 1.29 is 19.1 Å². The molecule has 4 rings (SSSR count). The van der Waals surface area contributed by atoms with Gasteiger partial charge in [-0.15, -0.1) is 0 Å². The SMILES string of the molecule is CCOC(=O)c1ccc(N2CCN(C(=O)c3ccccc3)CC2)c(NC(=O)c2ccc(Br)cc2)c1. The molecule has 0 bridgehead atoms. The molecule has 1 N–H and O–H groups in total. The third-order valence-corrected chi connectivity index (χ3v) is 6.32. The molecule has 8 heteroatoms. The van der Waals surface area contributed by atoms with E-state index in [-0.39, 0.29) is 18.4 Å². The molecule has 1 saturated heterocycles. The van der Waals surface area contributed by atoms with Crippen LogP contribution in [0.15, 0.2) is 77.3 Å². The quantitative estimate of drug-likeness (QED) is 0.457. The van der Waals surface area contributed by atoms with Gasteiger partial charge in [0.2, 0.25) is 0 Å². The molecular weight excluding hydrogens is 510 g/mol. The minimum atomic E-state index is -0.448. The van der Waals surface area contributed by atoms with E-state index in [0.717, 1.165) is 10.2 Å². The predicted molar refractivity (Wildman–Crippen MR) is 139 cm³/mol. The van der Waals surface area contributed by atoms with E-state index >= 15 is 0 Å². The van der Waals surface area contributed by atoms with E-state index in [2.05, 4.69) is 26.1 Å². The first kappa shape index (κ1) is 24.5. The second-order valence-corrected chi connectivity index (χ2v) is 8.97. The molecule has 0 aromatic heterocycles. The number of amides is 2. The summed E-state index contributed by atoms with van der Waals surface area (Å²) in [7, 11) is 0. The van der Waals surface area contributed by atoms with Gasteiger partial charge in [0.05, 0.1) is 23.5 Å². The highest BCUT2D eigenvalue weighted by atomic mass is 79.9. The number of rotatable bonds is 6. The second-order valence-electron chi connectivity index (χ2n) is 8.06. The van der Waals surface area contributed by atoms with Gasteiger partial charge in [0, 0.05) is 41.8 Å². The number of benzene rings is 3. The lowest BCUT2D eigenvalue weighted by Crippen LogP contribution is -2.49. The van der Waals surface area contributed by atoms with Crippen LogP contribution in [-0.4, -0.2) is 55.5 Å². The number of halogens is 1. The molecule has 3 aromatic rings. The molecule has 0 saturated carbocycles. The van der Waals surface area contributed by atoms with Gasteiger partial charge in [-0.3, -0.25) is 9.59 Å². The molecule has 1 fully saturated rings. The van der Waals surface area contributed by atoms with Crippen molar-refractivity contribution in [2.45, 2.75) is 6.92 Å². The van der Waals surface area contributed by atoms with Crippen LogP contribution in [0.4, 0.5) is 11.4 Å². The molecule has 0 radical (unpaired) electrons. The van der Waals surface area contributed by atoms with E-state index in [1.165, 1.54) is 0 Å². The molecule has 0 atom stereocenters. The molecule has 3 aromatic carbocycles. The summed E-state index contributed by atoms with van der Waals surface area (Å²) in [6, 6.07) is 21.4. The average molecular weight is 536 g/mol. The van der Waals surface area contributed by atoms with Crippen LogP contribution in [0.5, 0.6) is 0 Å². The Morgan fingerprint density at radius 1 is 0.857 bits per heavy atom. The zero-order valence-electron chi connectivity index (χ0n) is 19.4. The predicted octanol–water partition coefficient (Wildman–Crippen LogP) is 4.84. The summed E-state index contributed by atoms with van der Waals surface area (Å²) in [5.74, 6) is -0.721. The lowest BCUT2D eigenvalue weighted by Gasteiger charge is -2.37. The molecule has 1 heterocycles. The average Bonchev–Trinajstić information content (AvgIpc) is 2.89. The van der Waals surface area contributed by atoms with Crippen LogP contribution in [0.1, 0.15) is 38.0 Å². The fraction of sp³-hybridized carbons (Fsp3) is 0.222. The number of esters is 1. The Kier molecular flexibility index (Phi) is 7.82. The van der Waals surface area contributed by atoms with E-state index in [0.29, 0.717) is 48.6 Å². The Bertz CT molecular complexity index is 1210. The highest BCUT2D eigenvalue weighted by Crippen LogP contribution is 2.29. The maximum atomic E-state index is 13.0. The molecule has 0 spiro atoms. The van der Waals surface area contributed by atoms with E-state index in [9.17, 15) is 14.4 Å². The maximum Gasteiger partial charge on any atom is 0.338 e. The molecule has 0 unspecified atom stereocenters. The van der Waals surface area contributed by atoms with Crippen molar-refractivity contribution in [3.8, 4) is 0 Å². The Morgan fingerprint density at radius 2 is 1.51 bits per heavy atom. The summed E-state index contributed by atoms with van der Waals surface area (Å²) < 4.78 is 6.02. The number of anilines is 2. The van der Waals surface area contributed by atoms with Crippen LogP contribution < -0.4 is 10.2 Å². The maximum absolute atomic E-state index is 13.0. The van der Waals surface area contributed by atoms with Crippen molar-refractivity contribution in [3.05, 3.63) is 94.0 Å². The van der Waals surface area contributed by atoms with Crippen LogP contribution in [0.3, 0.4) is 0 Å². The zero-order chi connectivity index (χ0) is 24.8. The largest absolute Gasteiger partial charge is 0.462 e. The standard InChI is InChI=1S/C27H26BrN3O4/c1-2-35-27(34)21-10-13-24(23(18-21)29-25(32)19-8-11-22(28)12-9-19)30-14-16-31(17-15-30)26(33)20-6-4-3-5-7-20/h3-13,18H,2,14-17H2,1H3,(H,29,32). The highest BCUT2D eigenvalue weighted by Gasteiger charge is 2.24. The summed E-state index contributed by atoms with van der Waals surface area (Å²) in [6.07, 6.45) is 0. The first-order chi connectivity index (χ1) is 17.0. The zero-order valence-corrected chi connectivity index (χ0v) is 21.0. The third-order valence-electron chi connectivity index (χ3n) is 5.79. The molecule has 180 valence electrons. The Balaban J connectivity index is 1.54. The summed E-state index contributed by atoms with van der Waals surface area (Å²) in [4.78, 5) is 42.0. The lowest BCUT2D eigenvalue weighted by atomic mass is 10.1. The van der Waals surface area contributed by atoms with Gasteiger partial charge in [-0.25, -0.2) is 4.79 Å². The summed E-state index contributed by atoms with van der Waals surface area (Å²) in [5, 5.41) is 2.96. The van der Waals surface area contributed by atoms with Gasteiger partial charge in [-0.05, 0) is 61.5 Å². The first-order valence-electron chi connectivity index (χ1n) is 11.4. The van der Waals surface area contributed by atoms with Crippen molar-refractivity contribution in [2.75, 3.05) is 43.0 Å². The van der Waals surface area contributed by atoms with Crippen molar-refractivity contribution >= 4 is 45.1 Å². The Hall–Kier alpha value is -3.65. The van der Waals surface area contributed by atoms with Gasteiger partial charge >= 0.3 is 5.97 Å². The van der Waals surface area contributed by atoms with Crippen LogP contribution in [-0.2, 0) is 4.74 Å². The van der Waals surface area contributed by atoms with Gasteiger partial charge in [0.25, 0.3) is 11.8 Å². The summed E-state index contributed by atoms with van der Waals surface area (Å²) >= 11 is 3.38. The van der Waals surface area contributed by atoms with Crippen LogP contribution in [0.25, 0.3) is 0 Å². The molecule has 0 aliphatic carbocycles. The van der Waals surface area contributed by atoms with Crippen molar-refractivity contribution in [3.63, 3.8) is 0 Å². The van der Waals surface area contributed by atoms with Gasteiger partial charge in [0.1, 0.15) is 0 Å². The number of hydrogen-bond acceptors (Lipinski definition) is 5. The van der Waals surface area contributed by atoms with Crippen LogP contribution >= 0.6 is 15.9 Å². The topological polar surface area (TPSA) is 79.0 Å². The fourth-order valence-electron chi connectivity index (χ4n) is 3.96. The second kappa shape index (κ2) is 11.2. The van der Waals surface area contributed by atoms with Gasteiger partial charge in [0.15, 0.2) is 0 Å². The van der Waals surface area contributed by atoms with E-state index in [1.54, 1.807) is 43.3 Å². The van der Waals surface area contributed by atoms with Crippen molar-refractivity contribution in [1.82, 2.24) is 4.90 Å². The lowest BCUT2D eigenvalue weighted by molar-refractivity contribution is 0.0526. The molecule has 7 nitrogen and oxygen atoms in total. The minimum absolute atomic E-state index is 0.00618. The molecule has 2 amide bonds. The number of piperazine rings is 1. The van der Waals surface area contributed by atoms with E-state index in [4.69, 9.17) is 4.74 Å². The number of carbonyl (C=O) groups is 3. The Labute approximate surface area is 212 Å². The van der Waals surface area contributed by atoms with Crippen LogP contribution in [0.2, 0.25) is 0 Å². The molecular formula is C27H26BrN3O4. The fourth-order valence-corrected chi connectivity index (χ4v) is 4.23. The van der Waals surface area contributed by atoms with Crippen molar-refractivity contribution in [2.24, 2.45) is 0 Å². The third kappa shape index (κ3) is 5.89. The summed E-state index contributed by atoms with van der Waals surface area (Å²) in [6.45, 7) is 4.30. The number of ether oxygens (including phenoxy) is 1. The minimum Gasteiger partial charge on any atom is -0.462 e. The highest BCUT2D eigenvalue weighted by molar-refractivity contribution is 9.10. The molecule has 1 aliphatic heterocycles. The van der Waals surface area contributed by atoms with Gasteiger partial charge in [-0.2, -0.15) is 0 Å². The molecule has 35 heavy (non-hydrogen) atoms. The molecule has 1 aliphatic rings. The first-order valence-corrected chi connectivity index (χ1v) is 12.2. The monoisotopic (exact) mass is 535 g/mol. The summed E-state index contributed by atoms with van der Waals surface area (Å²) in [5.41, 5.74) is 2.84. The number of nitrogens with one attached hydrogen (secondary N) is 1. The number of carbonyl (C=O) groups excluding carboxylic acids is 3. The number of nitrogens with zero attached hydrogens (tertiary/aromatic N) is 2. The van der Waals surface area contributed by atoms with Crippen molar-refractivity contribution in [1.29, 1.82) is 0 Å². The number of hydrogen-bond donors (Lipinski definition) is 1. The van der Waals surface area contributed by atoms with E-state index in [1.807, 2.05) is 41.3 Å². The Morgan fingerprint density at radius 3 is 2.17 bits per heavy atom. The van der Waals surface area contributed by atoms with Gasteiger partial charge < -0.3 is 19.9 Å². The normalized spacial score (nSPS) is 13.3. The smallest absolute Gasteiger partial charge is 0.338 e.